The Morgan fingerprint density at radius 2 is 1.63 bits per heavy atom. The Kier molecular flexibility index (Phi) is 10.1. The predicted molar refractivity (Wildman–Crippen MR) is 177 cm³/mol. The van der Waals surface area contributed by atoms with Crippen molar-refractivity contribution >= 4 is 57.1 Å². The maximum atomic E-state index is 13.5. The van der Waals surface area contributed by atoms with Crippen molar-refractivity contribution in [3.05, 3.63) is 118 Å². The molecular formula is C35H30BrN3O7. The lowest BCUT2D eigenvalue weighted by atomic mass is 10.1. The van der Waals surface area contributed by atoms with Gasteiger partial charge in [-0.1, -0.05) is 48.5 Å². The fraction of sp³-hybridized carbons (Fsp3) is 0.143. The average Bonchev–Trinajstić information content (AvgIpc) is 3.04. The summed E-state index contributed by atoms with van der Waals surface area (Å²) in [5, 5.41) is 5.04. The number of nitrogens with one attached hydrogen (secondary N) is 2. The van der Waals surface area contributed by atoms with E-state index in [9.17, 15) is 19.2 Å². The third kappa shape index (κ3) is 7.62. The summed E-state index contributed by atoms with van der Waals surface area (Å²) < 4.78 is 17.8. The monoisotopic (exact) mass is 683 g/mol. The number of ether oxygens (including phenoxy) is 3. The van der Waals surface area contributed by atoms with E-state index >= 15 is 0 Å². The van der Waals surface area contributed by atoms with Gasteiger partial charge < -0.3 is 19.5 Å². The zero-order valence-electron chi connectivity index (χ0n) is 25.0. The van der Waals surface area contributed by atoms with Crippen LogP contribution in [0.4, 0.5) is 16.2 Å². The molecule has 10 nitrogen and oxygen atoms in total. The zero-order chi connectivity index (χ0) is 32.6. The van der Waals surface area contributed by atoms with Crippen LogP contribution >= 0.6 is 15.9 Å². The molecule has 5 rings (SSSR count). The number of nitrogens with zero attached hydrogens (tertiary/aromatic N) is 1. The molecule has 11 heteroatoms. The van der Waals surface area contributed by atoms with Gasteiger partial charge in [0, 0.05) is 5.69 Å². The Labute approximate surface area is 274 Å². The lowest BCUT2D eigenvalue weighted by Gasteiger charge is -2.26. The first-order valence-electron chi connectivity index (χ1n) is 14.4. The molecule has 1 aliphatic heterocycles. The quantitative estimate of drug-likeness (QED) is 0.138. The number of anilines is 2. The first-order chi connectivity index (χ1) is 22.2. The van der Waals surface area contributed by atoms with Crippen molar-refractivity contribution in [2.45, 2.75) is 20.5 Å². The highest BCUT2D eigenvalue weighted by Gasteiger charge is 2.37. The van der Waals surface area contributed by atoms with Gasteiger partial charge in [-0.15, -0.1) is 0 Å². The highest BCUT2D eigenvalue weighted by molar-refractivity contribution is 9.10. The average molecular weight is 685 g/mol. The van der Waals surface area contributed by atoms with Crippen LogP contribution in [-0.4, -0.2) is 37.0 Å². The fourth-order valence-electron chi connectivity index (χ4n) is 4.60. The Morgan fingerprint density at radius 3 is 2.35 bits per heavy atom. The number of halogens is 1. The van der Waals surface area contributed by atoms with Gasteiger partial charge in [0.25, 0.3) is 17.7 Å². The summed E-state index contributed by atoms with van der Waals surface area (Å²) in [4.78, 5) is 52.5. The van der Waals surface area contributed by atoms with Crippen LogP contribution in [0.1, 0.15) is 23.6 Å². The topological polar surface area (TPSA) is 123 Å². The minimum Gasteiger partial charge on any atom is -0.490 e. The molecule has 0 unspecified atom stereocenters. The molecule has 1 fully saturated rings. The number of rotatable bonds is 11. The van der Waals surface area contributed by atoms with E-state index in [4.69, 9.17) is 14.2 Å². The second kappa shape index (κ2) is 14.6. The molecule has 1 aliphatic rings. The number of imide groups is 2. The fourth-order valence-corrected chi connectivity index (χ4v) is 5.18. The number of amides is 5. The minimum absolute atomic E-state index is 0.260. The van der Waals surface area contributed by atoms with Crippen LogP contribution < -0.4 is 29.7 Å². The van der Waals surface area contributed by atoms with Gasteiger partial charge in [0.15, 0.2) is 18.1 Å². The second-order valence-corrected chi connectivity index (χ2v) is 11.0. The molecule has 0 aliphatic carbocycles. The van der Waals surface area contributed by atoms with Crippen LogP contribution in [-0.2, 0) is 21.0 Å². The molecule has 4 aromatic rings. The normalized spacial score (nSPS) is 13.8. The molecule has 0 bridgehead atoms. The van der Waals surface area contributed by atoms with Crippen molar-refractivity contribution in [3.63, 3.8) is 0 Å². The van der Waals surface area contributed by atoms with E-state index < -0.39 is 17.8 Å². The summed E-state index contributed by atoms with van der Waals surface area (Å²) in [5.74, 6) is -0.886. The Hall–Kier alpha value is -5.42. The molecule has 0 saturated carbocycles. The lowest BCUT2D eigenvalue weighted by molar-refractivity contribution is -0.122. The third-order valence-electron chi connectivity index (χ3n) is 6.85. The molecule has 1 saturated heterocycles. The van der Waals surface area contributed by atoms with Gasteiger partial charge in [-0.25, -0.2) is 9.69 Å². The van der Waals surface area contributed by atoms with Crippen LogP contribution in [0, 0.1) is 6.92 Å². The molecular weight excluding hydrogens is 654 g/mol. The van der Waals surface area contributed by atoms with E-state index in [2.05, 4.69) is 26.6 Å². The van der Waals surface area contributed by atoms with Crippen molar-refractivity contribution in [1.29, 1.82) is 0 Å². The van der Waals surface area contributed by atoms with E-state index in [1.807, 2.05) is 55.5 Å². The molecule has 2 N–H and O–H groups in total. The van der Waals surface area contributed by atoms with Gasteiger partial charge in [0.05, 0.1) is 16.8 Å². The summed E-state index contributed by atoms with van der Waals surface area (Å²) in [6, 6.07) is 25.8. The maximum absolute atomic E-state index is 13.5. The van der Waals surface area contributed by atoms with Crippen molar-refractivity contribution in [2.75, 3.05) is 23.4 Å². The first-order valence-corrected chi connectivity index (χ1v) is 15.2. The number of hydrogen-bond acceptors (Lipinski definition) is 7. The Bertz CT molecular complexity index is 1810. The Morgan fingerprint density at radius 1 is 0.913 bits per heavy atom. The molecule has 0 aromatic heterocycles. The number of carbonyl (C=O) groups is 4. The van der Waals surface area contributed by atoms with E-state index in [-0.39, 0.29) is 41.9 Å². The van der Waals surface area contributed by atoms with Crippen LogP contribution in [0.15, 0.2) is 101 Å². The summed E-state index contributed by atoms with van der Waals surface area (Å²) in [5.41, 5.74) is 3.01. The lowest BCUT2D eigenvalue weighted by Crippen LogP contribution is -2.54. The SMILES string of the molecule is CCOc1cc(/C=C2/C(=O)NC(=O)N(c3ccc(OCc4ccccc4)cc3)C2=O)cc(Br)c1OCC(=O)Nc1ccccc1C. The van der Waals surface area contributed by atoms with Gasteiger partial charge >= 0.3 is 6.03 Å². The molecule has 1 heterocycles. The molecule has 0 spiro atoms. The number of urea groups is 1. The number of para-hydroxylation sites is 1. The van der Waals surface area contributed by atoms with Gasteiger partial charge in [-0.05, 0) is 95.0 Å². The summed E-state index contributed by atoms with van der Waals surface area (Å²) >= 11 is 3.46. The largest absolute Gasteiger partial charge is 0.490 e. The smallest absolute Gasteiger partial charge is 0.335 e. The van der Waals surface area contributed by atoms with Crippen LogP contribution in [0.2, 0.25) is 0 Å². The number of hydrogen-bond donors (Lipinski definition) is 2. The number of carbonyl (C=O) groups excluding carboxylic acids is 4. The number of benzene rings is 4. The summed E-state index contributed by atoms with van der Waals surface area (Å²) in [6.45, 7) is 4.02. The van der Waals surface area contributed by atoms with Gasteiger partial charge in [-0.3, -0.25) is 19.7 Å². The van der Waals surface area contributed by atoms with Crippen LogP contribution in [0.5, 0.6) is 17.2 Å². The van der Waals surface area contributed by atoms with E-state index in [0.29, 0.717) is 28.1 Å². The molecule has 4 aromatic carbocycles. The second-order valence-electron chi connectivity index (χ2n) is 10.1. The minimum atomic E-state index is -0.867. The van der Waals surface area contributed by atoms with Crippen molar-refractivity contribution < 1.29 is 33.4 Å². The van der Waals surface area contributed by atoms with Gasteiger partial charge in [0.2, 0.25) is 0 Å². The van der Waals surface area contributed by atoms with E-state index in [1.54, 1.807) is 49.4 Å². The van der Waals surface area contributed by atoms with Crippen molar-refractivity contribution in [3.8, 4) is 17.2 Å². The summed E-state index contributed by atoms with van der Waals surface area (Å²) in [6.07, 6.45) is 1.36. The van der Waals surface area contributed by atoms with Crippen LogP contribution in [0.25, 0.3) is 6.08 Å². The summed E-state index contributed by atoms with van der Waals surface area (Å²) in [7, 11) is 0. The van der Waals surface area contributed by atoms with Gasteiger partial charge in [0.1, 0.15) is 17.9 Å². The highest BCUT2D eigenvalue weighted by atomic mass is 79.9. The van der Waals surface area contributed by atoms with Crippen LogP contribution in [0.3, 0.4) is 0 Å². The van der Waals surface area contributed by atoms with E-state index in [0.717, 1.165) is 16.0 Å². The van der Waals surface area contributed by atoms with Crippen molar-refractivity contribution in [2.24, 2.45) is 0 Å². The molecule has 5 amide bonds. The molecule has 0 atom stereocenters. The standard InChI is InChI=1S/C35H30BrN3O7/c1-3-44-30-19-24(18-28(36)32(30)46-21-31(40)37-29-12-8-7-9-22(29)2)17-27-33(41)38-35(43)39(34(27)42)25-13-15-26(16-14-25)45-20-23-10-5-4-6-11-23/h4-19H,3,20-21H2,1-2H3,(H,37,40)(H,38,41,43)/b27-17-. The number of barbiturate groups is 1. The highest BCUT2D eigenvalue weighted by Crippen LogP contribution is 2.38. The van der Waals surface area contributed by atoms with Gasteiger partial charge in [-0.2, -0.15) is 0 Å². The predicted octanol–water partition coefficient (Wildman–Crippen LogP) is 6.42. The molecule has 46 heavy (non-hydrogen) atoms. The van der Waals surface area contributed by atoms with E-state index in [1.165, 1.54) is 6.08 Å². The Balaban J connectivity index is 1.32. The first kappa shape index (κ1) is 32.0. The van der Waals surface area contributed by atoms with Crippen molar-refractivity contribution in [1.82, 2.24) is 5.32 Å². The zero-order valence-corrected chi connectivity index (χ0v) is 26.6. The molecule has 234 valence electrons. The molecule has 0 radical (unpaired) electrons. The number of aryl methyl sites for hydroxylation is 1. The third-order valence-corrected chi connectivity index (χ3v) is 7.44. The maximum Gasteiger partial charge on any atom is 0.335 e.